The second kappa shape index (κ2) is 6.80. The minimum absolute atomic E-state index is 0.00590. The van der Waals surface area contributed by atoms with Crippen LogP contribution >= 0.6 is 0 Å². The molecule has 0 aliphatic rings. The highest BCUT2D eigenvalue weighted by molar-refractivity contribution is 7.89. The SMILES string of the molecule is CN(C(CCO)c1ccccc1)S(=O)(=O)c1ccccn1. The first-order valence-electron chi connectivity index (χ1n) is 6.62. The molecule has 2 rings (SSSR count). The van der Waals surface area contributed by atoms with Crippen LogP contribution in [0.4, 0.5) is 0 Å². The van der Waals surface area contributed by atoms with E-state index in [2.05, 4.69) is 4.98 Å². The Labute approximate surface area is 124 Å². The molecule has 112 valence electrons. The lowest BCUT2D eigenvalue weighted by atomic mass is 10.0. The third-order valence-electron chi connectivity index (χ3n) is 3.31. The van der Waals surface area contributed by atoms with Gasteiger partial charge in [-0.25, -0.2) is 13.4 Å². The summed E-state index contributed by atoms with van der Waals surface area (Å²) in [6.45, 7) is -0.0956. The predicted octanol–water partition coefficient (Wildman–Crippen LogP) is 1.83. The molecule has 1 atom stereocenters. The number of hydrogen-bond acceptors (Lipinski definition) is 4. The van der Waals surface area contributed by atoms with Crippen LogP contribution in [-0.2, 0) is 10.0 Å². The largest absolute Gasteiger partial charge is 0.396 e. The zero-order valence-electron chi connectivity index (χ0n) is 11.8. The smallest absolute Gasteiger partial charge is 0.260 e. The van der Waals surface area contributed by atoms with Crippen molar-refractivity contribution < 1.29 is 13.5 Å². The normalized spacial score (nSPS) is 13.3. The van der Waals surface area contributed by atoms with E-state index in [9.17, 15) is 13.5 Å². The molecule has 1 aromatic heterocycles. The highest BCUT2D eigenvalue weighted by Crippen LogP contribution is 2.27. The van der Waals surface area contributed by atoms with Crippen LogP contribution in [0.5, 0.6) is 0 Å². The number of rotatable bonds is 6. The Bertz CT molecular complexity index is 660. The Balaban J connectivity index is 2.37. The van der Waals surface area contributed by atoms with Crippen LogP contribution in [0.2, 0.25) is 0 Å². The van der Waals surface area contributed by atoms with Crippen molar-refractivity contribution in [3.8, 4) is 0 Å². The fourth-order valence-electron chi connectivity index (χ4n) is 2.17. The van der Waals surface area contributed by atoms with Crippen molar-refractivity contribution in [1.29, 1.82) is 0 Å². The van der Waals surface area contributed by atoms with Gasteiger partial charge in [-0.15, -0.1) is 0 Å². The number of nitrogens with zero attached hydrogens (tertiary/aromatic N) is 2. The highest BCUT2D eigenvalue weighted by Gasteiger charge is 2.29. The van der Waals surface area contributed by atoms with Crippen molar-refractivity contribution in [2.75, 3.05) is 13.7 Å². The van der Waals surface area contributed by atoms with Gasteiger partial charge in [-0.2, -0.15) is 4.31 Å². The van der Waals surface area contributed by atoms with E-state index < -0.39 is 16.1 Å². The van der Waals surface area contributed by atoms with Gasteiger partial charge in [0.1, 0.15) is 0 Å². The molecule has 1 N–H and O–H groups in total. The fraction of sp³-hybridized carbons (Fsp3) is 0.267. The lowest BCUT2D eigenvalue weighted by Crippen LogP contribution is -2.32. The van der Waals surface area contributed by atoms with E-state index in [4.69, 9.17) is 0 Å². The van der Waals surface area contributed by atoms with Crippen LogP contribution in [-0.4, -0.2) is 36.5 Å². The summed E-state index contributed by atoms with van der Waals surface area (Å²) in [5, 5.41) is 9.25. The van der Waals surface area contributed by atoms with Gasteiger partial charge >= 0.3 is 0 Å². The molecule has 1 heterocycles. The molecule has 0 aliphatic heterocycles. The summed E-state index contributed by atoms with van der Waals surface area (Å²) in [5.41, 5.74) is 0.841. The van der Waals surface area contributed by atoms with Gasteiger partial charge in [0.2, 0.25) is 0 Å². The maximum atomic E-state index is 12.6. The molecule has 21 heavy (non-hydrogen) atoms. The molecule has 0 saturated carbocycles. The minimum Gasteiger partial charge on any atom is -0.396 e. The van der Waals surface area contributed by atoms with Crippen LogP contribution in [0.1, 0.15) is 18.0 Å². The van der Waals surface area contributed by atoms with Crippen LogP contribution in [0.3, 0.4) is 0 Å². The molecule has 0 fully saturated rings. The zero-order chi connectivity index (χ0) is 15.3. The van der Waals surface area contributed by atoms with Crippen LogP contribution < -0.4 is 0 Å². The van der Waals surface area contributed by atoms with E-state index >= 15 is 0 Å². The number of pyridine rings is 1. The molecule has 0 aliphatic carbocycles. The second-order valence-corrected chi connectivity index (χ2v) is 6.57. The highest BCUT2D eigenvalue weighted by atomic mass is 32.2. The van der Waals surface area contributed by atoms with E-state index in [1.54, 1.807) is 12.1 Å². The third kappa shape index (κ3) is 3.47. The quantitative estimate of drug-likeness (QED) is 0.884. The molecule has 1 unspecified atom stereocenters. The van der Waals surface area contributed by atoms with Crippen molar-refractivity contribution in [2.24, 2.45) is 0 Å². The number of aliphatic hydroxyl groups excluding tert-OH is 1. The lowest BCUT2D eigenvalue weighted by molar-refractivity contribution is 0.240. The molecule has 0 amide bonds. The number of aromatic nitrogens is 1. The first-order valence-corrected chi connectivity index (χ1v) is 8.06. The average Bonchev–Trinajstić information content (AvgIpc) is 2.53. The first kappa shape index (κ1) is 15.6. The molecule has 6 heteroatoms. The van der Waals surface area contributed by atoms with Crippen molar-refractivity contribution >= 4 is 10.0 Å². The summed E-state index contributed by atoms with van der Waals surface area (Å²) in [6.07, 6.45) is 1.77. The summed E-state index contributed by atoms with van der Waals surface area (Å²) >= 11 is 0. The van der Waals surface area contributed by atoms with Gasteiger partial charge < -0.3 is 5.11 Å². The van der Waals surface area contributed by atoms with Crippen molar-refractivity contribution in [2.45, 2.75) is 17.5 Å². The maximum Gasteiger partial charge on any atom is 0.260 e. The molecule has 0 spiro atoms. The standard InChI is InChI=1S/C15H18N2O3S/c1-17(21(19,20)15-9-5-6-11-16-15)14(10-12-18)13-7-3-2-4-8-13/h2-9,11,14,18H,10,12H2,1H3. The number of hydrogen-bond donors (Lipinski definition) is 1. The number of benzene rings is 1. The molecular weight excluding hydrogens is 288 g/mol. The second-order valence-electron chi connectivity index (χ2n) is 4.63. The third-order valence-corrected chi connectivity index (χ3v) is 5.09. The predicted molar refractivity (Wildman–Crippen MR) is 80.1 cm³/mol. The van der Waals surface area contributed by atoms with E-state index in [0.717, 1.165) is 5.56 Å². The molecule has 5 nitrogen and oxygen atoms in total. The van der Waals surface area contributed by atoms with Gasteiger partial charge in [-0.3, -0.25) is 0 Å². The lowest BCUT2D eigenvalue weighted by Gasteiger charge is -2.27. The number of aliphatic hydroxyl groups is 1. The van der Waals surface area contributed by atoms with Crippen LogP contribution in [0.15, 0.2) is 59.8 Å². The van der Waals surface area contributed by atoms with Crippen molar-refractivity contribution in [3.05, 3.63) is 60.3 Å². The van der Waals surface area contributed by atoms with E-state index in [1.807, 2.05) is 30.3 Å². The van der Waals surface area contributed by atoms with Gasteiger partial charge in [0, 0.05) is 19.9 Å². The first-order chi connectivity index (χ1) is 10.1. The summed E-state index contributed by atoms with van der Waals surface area (Å²) in [4.78, 5) is 3.92. The summed E-state index contributed by atoms with van der Waals surface area (Å²) < 4.78 is 26.5. The Morgan fingerprint density at radius 3 is 2.38 bits per heavy atom. The van der Waals surface area contributed by atoms with Gasteiger partial charge in [0.15, 0.2) is 5.03 Å². The Morgan fingerprint density at radius 1 is 1.14 bits per heavy atom. The zero-order valence-corrected chi connectivity index (χ0v) is 12.6. The molecule has 2 aromatic rings. The van der Waals surface area contributed by atoms with Crippen LogP contribution in [0, 0.1) is 0 Å². The molecule has 0 radical (unpaired) electrons. The van der Waals surface area contributed by atoms with Gasteiger partial charge in [0.25, 0.3) is 10.0 Å². The summed E-state index contributed by atoms with van der Waals surface area (Å²) in [7, 11) is -2.19. The van der Waals surface area contributed by atoms with E-state index in [1.165, 1.54) is 23.6 Å². The fourth-order valence-corrected chi connectivity index (χ4v) is 3.47. The monoisotopic (exact) mass is 306 g/mol. The van der Waals surface area contributed by atoms with Gasteiger partial charge in [-0.05, 0) is 24.1 Å². The van der Waals surface area contributed by atoms with Gasteiger partial charge in [0.05, 0.1) is 6.04 Å². The average molecular weight is 306 g/mol. The van der Waals surface area contributed by atoms with Gasteiger partial charge in [-0.1, -0.05) is 36.4 Å². The Morgan fingerprint density at radius 2 is 1.81 bits per heavy atom. The van der Waals surface area contributed by atoms with Crippen molar-refractivity contribution in [3.63, 3.8) is 0 Å². The minimum atomic E-state index is -3.70. The maximum absolute atomic E-state index is 12.6. The Hall–Kier alpha value is -1.76. The molecule has 0 saturated heterocycles. The summed E-state index contributed by atoms with van der Waals surface area (Å²) in [6, 6.07) is 13.6. The molecule has 1 aromatic carbocycles. The summed E-state index contributed by atoms with van der Waals surface area (Å²) in [5.74, 6) is 0. The Kier molecular flexibility index (Phi) is 5.06. The topological polar surface area (TPSA) is 70.5 Å². The van der Waals surface area contributed by atoms with Crippen molar-refractivity contribution in [1.82, 2.24) is 9.29 Å². The molecular formula is C15H18N2O3S. The van der Waals surface area contributed by atoms with E-state index in [-0.39, 0.29) is 11.6 Å². The molecule has 0 bridgehead atoms. The number of sulfonamides is 1. The van der Waals surface area contributed by atoms with E-state index in [0.29, 0.717) is 6.42 Å². The van der Waals surface area contributed by atoms with Crippen LogP contribution in [0.25, 0.3) is 0 Å².